The number of alkyl halides is 4. The lowest BCUT2D eigenvalue weighted by atomic mass is 10.1. The molecule has 0 aromatic heterocycles. The molecule has 0 fully saturated rings. The van der Waals surface area contributed by atoms with Crippen LogP contribution in [0.1, 0.15) is 6.42 Å². The Bertz CT molecular complexity index is 878. The Morgan fingerprint density at radius 2 is 1.82 bits per heavy atom. The predicted octanol–water partition coefficient (Wildman–Crippen LogP) is 3.95. The van der Waals surface area contributed by atoms with Crippen molar-refractivity contribution in [2.75, 3.05) is 16.0 Å². The van der Waals surface area contributed by atoms with Gasteiger partial charge < -0.3 is 20.7 Å². The highest BCUT2D eigenvalue weighted by Crippen LogP contribution is 2.30. The standard InChI is InChI=1S/C18H15ClF3N3O3/c19-17(20)18(21,22)28-11-7-5-10(6-8-11)23-15(26)9-14-16(27)25-13-4-2-1-3-12(13)24-14/h1-8,14,17,24H,9H2,(H,23,26)(H,25,27)/t14-,17+/m0/s1. The lowest BCUT2D eigenvalue weighted by Crippen LogP contribution is -2.41. The molecule has 1 heterocycles. The Labute approximate surface area is 163 Å². The van der Waals surface area contributed by atoms with Crippen LogP contribution >= 0.6 is 11.6 Å². The molecule has 0 aliphatic carbocycles. The van der Waals surface area contributed by atoms with Gasteiger partial charge in [-0.05, 0) is 36.4 Å². The number of fused-ring (bicyclic) bond motifs is 1. The van der Waals surface area contributed by atoms with E-state index in [0.29, 0.717) is 17.1 Å². The lowest BCUT2D eigenvalue weighted by Gasteiger charge is -2.26. The van der Waals surface area contributed by atoms with Gasteiger partial charge in [0.25, 0.3) is 5.63 Å². The van der Waals surface area contributed by atoms with Crippen molar-refractivity contribution in [2.45, 2.75) is 24.2 Å². The first-order valence-corrected chi connectivity index (χ1v) is 8.59. The quantitative estimate of drug-likeness (QED) is 0.626. The third kappa shape index (κ3) is 4.66. The van der Waals surface area contributed by atoms with Crippen LogP contribution in [0, 0.1) is 0 Å². The topological polar surface area (TPSA) is 79.5 Å². The summed E-state index contributed by atoms with van der Waals surface area (Å²) in [4.78, 5) is 24.3. The van der Waals surface area contributed by atoms with Crippen LogP contribution in [0.4, 0.5) is 30.2 Å². The van der Waals surface area contributed by atoms with Gasteiger partial charge in [0.15, 0.2) is 0 Å². The summed E-state index contributed by atoms with van der Waals surface area (Å²) in [6.45, 7) is 0. The second kappa shape index (κ2) is 7.97. The summed E-state index contributed by atoms with van der Waals surface area (Å²) < 4.78 is 42.9. The van der Waals surface area contributed by atoms with E-state index in [1.165, 1.54) is 12.1 Å². The average molecular weight is 414 g/mol. The molecule has 2 aromatic rings. The predicted molar refractivity (Wildman–Crippen MR) is 98.5 cm³/mol. The molecule has 2 aromatic carbocycles. The monoisotopic (exact) mass is 413 g/mol. The molecule has 0 spiro atoms. The van der Waals surface area contributed by atoms with Gasteiger partial charge in [-0.25, -0.2) is 4.39 Å². The van der Waals surface area contributed by atoms with Crippen molar-refractivity contribution in [3.8, 4) is 5.75 Å². The normalized spacial score (nSPS) is 17.0. The molecule has 0 radical (unpaired) electrons. The molecular weight excluding hydrogens is 399 g/mol. The number of rotatable bonds is 6. The number of halogens is 4. The Morgan fingerprint density at radius 3 is 2.46 bits per heavy atom. The van der Waals surface area contributed by atoms with Crippen LogP contribution in [-0.2, 0) is 9.59 Å². The van der Waals surface area contributed by atoms with E-state index in [1.807, 2.05) is 0 Å². The molecule has 6 nitrogen and oxygen atoms in total. The van der Waals surface area contributed by atoms with Crippen LogP contribution in [0.25, 0.3) is 0 Å². The average Bonchev–Trinajstić information content (AvgIpc) is 2.63. The number of hydrogen-bond donors (Lipinski definition) is 3. The molecule has 28 heavy (non-hydrogen) atoms. The van der Waals surface area contributed by atoms with Gasteiger partial charge in [-0.15, -0.1) is 0 Å². The van der Waals surface area contributed by atoms with Crippen molar-refractivity contribution in [3.63, 3.8) is 0 Å². The van der Waals surface area contributed by atoms with E-state index >= 15 is 0 Å². The maximum atomic E-state index is 13.1. The number of carbonyl (C=O) groups is 2. The van der Waals surface area contributed by atoms with Crippen LogP contribution in [0.3, 0.4) is 0 Å². The number of amides is 2. The first kappa shape index (κ1) is 19.8. The molecule has 0 saturated heterocycles. The molecule has 1 aliphatic rings. The molecular formula is C18H15ClF3N3O3. The van der Waals surface area contributed by atoms with Crippen LogP contribution in [0.5, 0.6) is 5.75 Å². The maximum Gasteiger partial charge on any atom is 0.444 e. The maximum absolute atomic E-state index is 13.1. The Balaban J connectivity index is 1.57. The van der Waals surface area contributed by atoms with Gasteiger partial charge >= 0.3 is 6.11 Å². The third-order valence-corrected chi connectivity index (χ3v) is 4.12. The zero-order valence-electron chi connectivity index (χ0n) is 14.2. The minimum Gasteiger partial charge on any atom is -0.429 e. The van der Waals surface area contributed by atoms with E-state index in [2.05, 4.69) is 20.7 Å². The molecule has 10 heteroatoms. The van der Waals surface area contributed by atoms with Crippen molar-refractivity contribution in [1.29, 1.82) is 0 Å². The fourth-order valence-electron chi connectivity index (χ4n) is 2.54. The molecule has 3 rings (SSSR count). The largest absolute Gasteiger partial charge is 0.444 e. The zero-order chi connectivity index (χ0) is 20.3. The molecule has 148 valence electrons. The lowest BCUT2D eigenvalue weighted by molar-refractivity contribution is -0.199. The van der Waals surface area contributed by atoms with Gasteiger partial charge in [0, 0.05) is 5.69 Å². The summed E-state index contributed by atoms with van der Waals surface area (Å²) in [5.41, 5.74) is -1.37. The number of nitrogens with one attached hydrogen (secondary N) is 3. The van der Waals surface area contributed by atoms with Crippen LogP contribution in [-0.4, -0.2) is 29.6 Å². The van der Waals surface area contributed by atoms with Crippen LogP contribution < -0.4 is 20.7 Å². The van der Waals surface area contributed by atoms with E-state index in [-0.39, 0.29) is 18.1 Å². The smallest absolute Gasteiger partial charge is 0.429 e. The summed E-state index contributed by atoms with van der Waals surface area (Å²) in [5.74, 6) is -1.13. The van der Waals surface area contributed by atoms with Crippen molar-refractivity contribution in [1.82, 2.24) is 0 Å². The van der Waals surface area contributed by atoms with Gasteiger partial charge in [-0.2, -0.15) is 8.78 Å². The minimum absolute atomic E-state index is 0.147. The Hall–Kier alpha value is -2.94. The highest BCUT2D eigenvalue weighted by molar-refractivity contribution is 6.20. The number of carbonyl (C=O) groups excluding carboxylic acids is 2. The summed E-state index contributed by atoms with van der Waals surface area (Å²) in [6, 6.07) is 11.2. The summed E-state index contributed by atoms with van der Waals surface area (Å²) in [5, 5.41) is 8.24. The van der Waals surface area contributed by atoms with E-state index < -0.39 is 23.7 Å². The van der Waals surface area contributed by atoms with E-state index in [0.717, 1.165) is 12.1 Å². The fourth-order valence-corrected chi connectivity index (χ4v) is 2.58. The summed E-state index contributed by atoms with van der Waals surface area (Å²) in [7, 11) is 0. The molecule has 3 N–H and O–H groups in total. The van der Waals surface area contributed by atoms with Crippen molar-refractivity contribution in [2.24, 2.45) is 0 Å². The number of anilines is 3. The molecule has 2 atom stereocenters. The number of para-hydroxylation sites is 2. The van der Waals surface area contributed by atoms with E-state index in [1.54, 1.807) is 24.3 Å². The van der Waals surface area contributed by atoms with Crippen molar-refractivity contribution >= 4 is 40.5 Å². The van der Waals surface area contributed by atoms with E-state index in [4.69, 9.17) is 11.6 Å². The van der Waals surface area contributed by atoms with Gasteiger partial charge in [-0.1, -0.05) is 23.7 Å². The number of benzene rings is 2. The second-order valence-corrected chi connectivity index (χ2v) is 6.36. The Kier molecular flexibility index (Phi) is 5.64. The molecule has 0 bridgehead atoms. The van der Waals surface area contributed by atoms with Gasteiger partial charge in [0.05, 0.1) is 17.8 Å². The van der Waals surface area contributed by atoms with E-state index in [9.17, 15) is 22.8 Å². The molecule has 0 saturated carbocycles. The van der Waals surface area contributed by atoms with Gasteiger partial charge in [-0.3, -0.25) is 9.59 Å². The SMILES string of the molecule is O=C(C[C@@H]1Nc2ccccc2NC1=O)Nc1ccc(OC(F)(F)[C@@H](F)Cl)cc1. The van der Waals surface area contributed by atoms with Gasteiger partial charge in [0.1, 0.15) is 11.8 Å². The summed E-state index contributed by atoms with van der Waals surface area (Å²) in [6.07, 6.45) is -4.32. The van der Waals surface area contributed by atoms with Crippen LogP contribution in [0.2, 0.25) is 0 Å². The summed E-state index contributed by atoms with van der Waals surface area (Å²) >= 11 is 4.72. The molecule has 2 amide bonds. The highest BCUT2D eigenvalue weighted by Gasteiger charge is 2.42. The Morgan fingerprint density at radius 1 is 1.18 bits per heavy atom. The second-order valence-electron chi connectivity index (χ2n) is 5.97. The number of hydrogen-bond acceptors (Lipinski definition) is 4. The molecule has 0 unspecified atom stereocenters. The van der Waals surface area contributed by atoms with Crippen LogP contribution in [0.15, 0.2) is 48.5 Å². The molecule has 1 aliphatic heterocycles. The fraction of sp³-hybridized carbons (Fsp3) is 0.222. The minimum atomic E-state index is -4.18. The van der Waals surface area contributed by atoms with Gasteiger partial charge in [0.2, 0.25) is 11.8 Å². The first-order chi connectivity index (χ1) is 13.2. The van der Waals surface area contributed by atoms with Crippen molar-refractivity contribution < 1.29 is 27.5 Å². The zero-order valence-corrected chi connectivity index (χ0v) is 15.0. The van der Waals surface area contributed by atoms with Crippen molar-refractivity contribution in [3.05, 3.63) is 48.5 Å². The third-order valence-electron chi connectivity index (χ3n) is 3.87. The highest BCUT2D eigenvalue weighted by atomic mass is 35.5. The number of ether oxygens (including phenoxy) is 1. The first-order valence-electron chi connectivity index (χ1n) is 8.16.